The second-order valence-electron chi connectivity index (χ2n) is 6.51. The summed E-state index contributed by atoms with van der Waals surface area (Å²) in [5, 5.41) is 2.49. The second kappa shape index (κ2) is 10.1. The third-order valence-corrected chi connectivity index (χ3v) is 3.94. The van der Waals surface area contributed by atoms with Gasteiger partial charge in [-0.25, -0.2) is 4.79 Å². The maximum absolute atomic E-state index is 12.1. The maximum Gasteiger partial charge on any atom is 0.312 e. The second-order valence-corrected chi connectivity index (χ2v) is 6.51. The Kier molecular flexibility index (Phi) is 8.43. The molecule has 1 fully saturated rings. The van der Waals surface area contributed by atoms with Crippen molar-refractivity contribution in [1.29, 1.82) is 0 Å². The topological polar surface area (TPSA) is 102 Å². The number of amides is 3. The van der Waals surface area contributed by atoms with Crippen molar-refractivity contribution in [2.75, 3.05) is 26.2 Å². The minimum absolute atomic E-state index is 0.109. The fourth-order valence-corrected chi connectivity index (χ4v) is 2.95. The molecule has 3 N–H and O–H groups in total. The Morgan fingerprint density at radius 2 is 1.78 bits per heavy atom. The van der Waals surface area contributed by atoms with Crippen LogP contribution in [0.4, 0.5) is 4.79 Å². The molecular formula is C16H29N3O4. The molecule has 132 valence electrons. The number of piperidine rings is 1. The SMILES string of the molecule is C[C@H]1C[C@H](C)CN(C(=O)COC(=O)CCCCCNC(N)=O)C1. The Balaban J connectivity index is 2.10. The largest absolute Gasteiger partial charge is 0.456 e. The van der Waals surface area contributed by atoms with Gasteiger partial charge in [-0.05, 0) is 31.1 Å². The molecule has 1 heterocycles. The van der Waals surface area contributed by atoms with Crippen molar-refractivity contribution in [2.45, 2.75) is 46.0 Å². The first-order valence-electron chi connectivity index (χ1n) is 8.35. The van der Waals surface area contributed by atoms with Gasteiger partial charge in [0.15, 0.2) is 6.61 Å². The summed E-state index contributed by atoms with van der Waals surface area (Å²) in [6.45, 7) is 6.10. The molecule has 0 aromatic heterocycles. The molecule has 1 aliphatic heterocycles. The molecule has 0 aromatic rings. The Morgan fingerprint density at radius 3 is 2.39 bits per heavy atom. The molecule has 0 spiro atoms. The maximum atomic E-state index is 12.1. The highest BCUT2D eigenvalue weighted by Crippen LogP contribution is 2.20. The number of carbonyl (C=O) groups excluding carboxylic acids is 3. The smallest absolute Gasteiger partial charge is 0.312 e. The first-order chi connectivity index (χ1) is 10.9. The van der Waals surface area contributed by atoms with Crippen LogP contribution in [0, 0.1) is 11.8 Å². The van der Waals surface area contributed by atoms with Crippen molar-refractivity contribution < 1.29 is 19.1 Å². The first kappa shape index (κ1) is 19.3. The van der Waals surface area contributed by atoms with Crippen LogP contribution in [-0.4, -0.2) is 49.0 Å². The van der Waals surface area contributed by atoms with Crippen LogP contribution in [0.25, 0.3) is 0 Å². The van der Waals surface area contributed by atoms with Crippen molar-refractivity contribution in [3.8, 4) is 0 Å². The summed E-state index contributed by atoms with van der Waals surface area (Å²) in [6.07, 6.45) is 3.65. The van der Waals surface area contributed by atoms with E-state index in [4.69, 9.17) is 10.5 Å². The van der Waals surface area contributed by atoms with Crippen LogP contribution in [0.1, 0.15) is 46.0 Å². The highest BCUT2D eigenvalue weighted by atomic mass is 16.5. The fraction of sp³-hybridized carbons (Fsp3) is 0.812. The molecule has 7 nitrogen and oxygen atoms in total. The highest BCUT2D eigenvalue weighted by molar-refractivity contribution is 5.80. The number of carbonyl (C=O) groups is 3. The van der Waals surface area contributed by atoms with Gasteiger partial charge in [-0.3, -0.25) is 9.59 Å². The van der Waals surface area contributed by atoms with Gasteiger partial charge in [0, 0.05) is 26.1 Å². The molecule has 0 aliphatic carbocycles. The van der Waals surface area contributed by atoms with E-state index >= 15 is 0 Å². The van der Waals surface area contributed by atoms with E-state index < -0.39 is 6.03 Å². The molecule has 2 atom stereocenters. The van der Waals surface area contributed by atoms with Gasteiger partial charge in [0.2, 0.25) is 0 Å². The van der Waals surface area contributed by atoms with Crippen LogP contribution >= 0.6 is 0 Å². The summed E-state index contributed by atoms with van der Waals surface area (Å²) in [5.41, 5.74) is 4.94. The van der Waals surface area contributed by atoms with Crippen LogP contribution < -0.4 is 11.1 Å². The molecule has 0 unspecified atom stereocenters. The lowest BCUT2D eigenvalue weighted by Gasteiger charge is -2.34. The van der Waals surface area contributed by atoms with E-state index in [2.05, 4.69) is 19.2 Å². The van der Waals surface area contributed by atoms with Crippen LogP contribution in [0.15, 0.2) is 0 Å². The van der Waals surface area contributed by atoms with Gasteiger partial charge in [-0.15, -0.1) is 0 Å². The zero-order chi connectivity index (χ0) is 17.2. The van der Waals surface area contributed by atoms with Gasteiger partial charge in [0.05, 0.1) is 0 Å². The summed E-state index contributed by atoms with van der Waals surface area (Å²) in [5.74, 6) is 0.529. The number of unbranched alkanes of at least 4 members (excludes halogenated alkanes) is 2. The minimum Gasteiger partial charge on any atom is -0.456 e. The number of hydrogen-bond acceptors (Lipinski definition) is 4. The molecule has 0 aromatic carbocycles. The van der Waals surface area contributed by atoms with Gasteiger partial charge >= 0.3 is 12.0 Å². The van der Waals surface area contributed by atoms with Crippen molar-refractivity contribution >= 4 is 17.9 Å². The number of nitrogens with zero attached hydrogens (tertiary/aromatic N) is 1. The standard InChI is InChI=1S/C16H29N3O4/c1-12-8-13(2)10-19(9-12)14(20)11-23-15(21)6-4-3-5-7-18-16(17)22/h12-13H,3-11H2,1-2H3,(H3,17,18,22)/t12-,13-/m0/s1. The molecule has 3 amide bonds. The Bertz CT molecular complexity index is 404. The Morgan fingerprint density at radius 1 is 1.13 bits per heavy atom. The van der Waals surface area contributed by atoms with Crippen molar-refractivity contribution in [2.24, 2.45) is 17.6 Å². The van der Waals surface area contributed by atoms with E-state index in [1.807, 2.05) is 0 Å². The summed E-state index contributed by atoms with van der Waals surface area (Å²) < 4.78 is 5.05. The predicted molar refractivity (Wildman–Crippen MR) is 86.5 cm³/mol. The number of ether oxygens (including phenoxy) is 1. The van der Waals surface area contributed by atoms with Crippen molar-refractivity contribution in [1.82, 2.24) is 10.2 Å². The lowest BCUT2D eigenvalue weighted by atomic mass is 9.92. The van der Waals surface area contributed by atoms with Gasteiger partial charge < -0.3 is 20.7 Å². The summed E-state index contributed by atoms with van der Waals surface area (Å²) in [6, 6.07) is -0.538. The van der Waals surface area contributed by atoms with Gasteiger partial charge in [-0.2, -0.15) is 0 Å². The van der Waals surface area contributed by atoms with E-state index in [1.165, 1.54) is 0 Å². The van der Waals surface area contributed by atoms with Crippen molar-refractivity contribution in [3.63, 3.8) is 0 Å². The number of nitrogens with two attached hydrogens (primary N) is 1. The normalized spacial score (nSPS) is 20.9. The van der Waals surface area contributed by atoms with Crippen LogP contribution in [0.5, 0.6) is 0 Å². The lowest BCUT2D eigenvalue weighted by molar-refractivity contribution is -0.153. The average Bonchev–Trinajstić information content (AvgIpc) is 2.47. The zero-order valence-electron chi connectivity index (χ0n) is 14.2. The van der Waals surface area contributed by atoms with Crippen LogP contribution in [0.3, 0.4) is 0 Å². The number of primary amides is 1. The summed E-state index contributed by atoms with van der Waals surface area (Å²) >= 11 is 0. The first-order valence-corrected chi connectivity index (χ1v) is 8.35. The molecular weight excluding hydrogens is 298 g/mol. The third kappa shape index (κ3) is 8.42. The fourth-order valence-electron chi connectivity index (χ4n) is 2.95. The molecule has 23 heavy (non-hydrogen) atoms. The van der Waals surface area contributed by atoms with Crippen LogP contribution in [0.2, 0.25) is 0 Å². The zero-order valence-corrected chi connectivity index (χ0v) is 14.2. The van der Waals surface area contributed by atoms with E-state index in [0.29, 0.717) is 24.8 Å². The Labute approximate surface area is 137 Å². The average molecular weight is 327 g/mol. The van der Waals surface area contributed by atoms with Gasteiger partial charge in [-0.1, -0.05) is 20.3 Å². The number of urea groups is 1. The minimum atomic E-state index is -0.538. The summed E-state index contributed by atoms with van der Waals surface area (Å²) in [7, 11) is 0. The van der Waals surface area contributed by atoms with E-state index in [9.17, 15) is 14.4 Å². The van der Waals surface area contributed by atoms with E-state index in [0.717, 1.165) is 32.4 Å². The van der Waals surface area contributed by atoms with Gasteiger partial charge in [0.1, 0.15) is 0 Å². The monoisotopic (exact) mass is 327 g/mol. The number of hydrogen-bond donors (Lipinski definition) is 2. The third-order valence-electron chi connectivity index (χ3n) is 3.94. The molecule has 0 saturated carbocycles. The molecule has 1 saturated heterocycles. The summed E-state index contributed by atoms with van der Waals surface area (Å²) in [4.78, 5) is 35.9. The molecule has 0 bridgehead atoms. The molecule has 0 radical (unpaired) electrons. The van der Waals surface area contributed by atoms with E-state index in [-0.39, 0.29) is 24.9 Å². The highest BCUT2D eigenvalue weighted by Gasteiger charge is 2.25. The number of rotatable bonds is 8. The molecule has 1 aliphatic rings. The van der Waals surface area contributed by atoms with Crippen molar-refractivity contribution in [3.05, 3.63) is 0 Å². The van der Waals surface area contributed by atoms with E-state index in [1.54, 1.807) is 4.90 Å². The number of nitrogens with one attached hydrogen (secondary N) is 1. The quantitative estimate of drug-likeness (QED) is 0.517. The lowest BCUT2D eigenvalue weighted by Crippen LogP contribution is -2.44. The number of esters is 1. The molecule has 1 rings (SSSR count). The van der Waals surface area contributed by atoms with Gasteiger partial charge in [0.25, 0.3) is 5.91 Å². The Hall–Kier alpha value is -1.79. The number of likely N-dealkylation sites (tertiary alicyclic amines) is 1. The molecule has 7 heteroatoms. The van der Waals surface area contributed by atoms with Crippen LogP contribution in [-0.2, 0) is 14.3 Å². The predicted octanol–water partition coefficient (Wildman–Crippen LogP) is 1.26.